The molecule has 102 valence electrons. The minimum absolute atomic E-state index is 0.265. The first-order valence-corrected chi connectivity index (χ1v) is 7.68. The van der Waals surface area contributed by atoms with Gasteiger partial charge in [0.15, 0.2) is 0 Å². The van der Waals surface area contributed by atoms with Crippen molar-refractivity contribution in [1.82, 2.24) is 0 Å². The van der Waals surface area contributed by atoms with Gasteiger partial charge in [-0.15, -0.1) is 0 Å². The summed E-state index contributed by atoms with van der Waals surface area (Å²) in [4.78, 5) is 0. The maximum atomic E-state index is 2.48. The molecular formula is C20H22. The largest absolute Gasteiger partial charge is 0.0768 e. The van der Waals surface area contributed by atoms with Gasteiger partial charge in [0.1, 0.15) is 0 Å². The van der Waals surface area contributed by atoms with Gasteiger partial charge in [0.05, 0.1) is 0 Å². The van der Waals surface area contributed by atoms with Gasteiger partial charge in [-0.25, -0.2) is 0 Å². The van der Waals surface area contributed by atoms with E-state index in [4.69, 9.17) is 0 Å². The van der Waals surface area contributed by atoms with Crippen LogP contribution in [0.1, 0.15) is 44.2 Å². The SMILES string of the molecule is CC1(C)CC(C)(C2C=Cc3ccccc32)C2=CC=CC21. The number of hydrogen-bond donors (Lipinski definition) is 0. The molecule has 3 atom stereocenters. The Kier molecular flexibility index (Phi) is 2.29. The molecule has 0 N–H and O–H groups in total. The van der Waals surface area contributed by atoms with Gasteiger partial charge in [0, 0.05) is 17.3 Å². The van der Waals surface area contributed by atoms with Crippen LogP contribution in [0.25, 0.3) is 6.08 Å². The van der Waals surface area contributed by atoms with Crippen molar-refractivity contribution in [3.8, 4) is 0 Å². The molecule has 1 saturated carbocycles. The Labute approximate surface area is 121 Å². The summed E-state index contributed by atoms with van der Waals surface area (Å²) in [6, 6.07) is 8.88. The van der Waals surface area contributed by atoms with E-state index in [1.54, 1.807) is 5.57 Å². The molecule has 0 radical (unpaired) electrons. The molecule has 0 spiro atoms. The molecule has 0 aromatic heterocycles. The van der Waals surface area contributed by atoms with Crippen molar-refractivity contribution >= 4 is 6.08 Å². The Hall–Kier alpha value is -1.56. The minimum Gasteiger partial charge on any atom is -0.0768 e. The van der Waals surface area contributed by atoms with Crippen molar-refractivity contribution in [3.63, 3.8) is 0 Å². The normalized spacial score (nSPS) is 36.0. The Balaban J connectivity index is 1.82. The molecule has 1 fully saturated rings. The number of allylic oxidation sites excluding steroid dienone is 5. The summed E-state index contributed by atoms with van der Waals surface area (Å²) < 4.78 is 0. The number of hydrogen-bond acceptors (Lipinski definition) is 0. The van der Waals surface area contributed by atoms with Crippen molar-refractivity contribution in [2.45, 2.75) is 33.1 Å². The molecule has 0 amide bonds. The highest BCUT2D eigenvalue weighted by Crippen LogP contribution is 2.64. The lowest BCUT2D eigenvalue weighted by atomic mass is 9.69. The summed E-state index contributed by atoms with van der Waals surface area (Å²) in [6.07, 6.45) is 13.1. The van der Waals surface area contributed by atoms with Gasteiger partial charge >= 0.3 is 0 Å². The molecule has 1 aromatic carbocycles. The van der Waals surface area contributed by atoms with Gasteiger partial charge in [-0.2, -0.15) is 0 Å². The average Bonchev–Trinajstić information content (AvgIpc) is 3.08. The molecular weight excluding hydrogens is 240 g/mol. The lowest BCUT2D eigenvalue weighted by Gasteiger charge is -2.34. The zero-order valence-corrected chi connectivity index (χ0v) is 12.6. The Morgan fingerprint density at radius 3 is 2.65 bits per heavy atom. The van der Waals surface area contributed by atoms with Gasteiger partial charge < -0.3 is 0 Å². The second-order valence-corrected chi connectivity index (χ2v) is 7.53. The second kappa shape index (κ2) is 3.75. The third-order valence-electron chi connectivity index (χ3n) is 5.72. The Morgan fingerprint density at radius 1 is 1.00 bits per heavy atom. The second-order valence-electron chi connectivity index (χ2n) is 7.53. The number of rotatable bonds is 1. The number of fused-ring (bicyclic) bond motifs is 2. The van der Waals surface area contributed by atoms with Crippen molar-refractivity contribution in [2.24, 2.45) is 16.7 Å². The Bertz CT molecular complexity index is 656. The molecule has 0 bridgehead atoms. The van der Waals surface area contributed by atoms with Crippen molar-refractivity contribution in [2.75, 3.05) is 0 Å². The topological polar surface area (TPSA) is 0 Å². The van der Waals surface area contributed by atoms with Crippen LogP contribution in [0.2, 0.25) is 0 Å². The molecule has 0 heteroatoms. The van der Waals surface area contributed by atoms with Crippen LogP contribution in [-0.2, 0) is 0 Å². The summed E-state index contributed by atoms with van der Waals surface area (Å²) in [5, 5.41) is 0. The fourth-order valence-electron chi connectivity index (χ4n) is 4.96. The predicted molar refractivity (Wildman–Crippen MR) is 85.4 cm³/mol. The third-order valence-corrected chi connectivity index (χ3v) is 5.72. The first-order chi connectivity index (χ1) is 9.52. The fraction of sp³-hybridized carbons (Fsp3) is 0.400. The zero-order valence-electron chi connectivity index (χ0n) is 12.6. The summed E-state index contributed by atoms with van der Waals surface area (Å²) in [5.41, 5.74) is 5.21. The van der Waals surface area contributed by atoms with Crippen LogP contribution in [0.5, 0.6) is 0 Å². The molecule has 20 heavy (non-hydrogen) atoms. The van der Waals surface area contributed by atoms with Crippen LogP contribution in [0.15, 0.2) is 54.1 Å². The quantitative estimate of drug-likeness (QED) is 0.640. The molecule has 3 unspecified atom stereocenters. The highest BCUT2D eigenvalue weighted by molar-refractivity contribution is 5.64. The maximum absolute atomic E-state index is 2.48. The zero-order chi connectivity index (χ0) is 14.0. The van der Waals surface area contributed by atoms with Crippen molar-refractivity contribution < 1.29 is 0 Å². The van der Waals surface area contributed by atoms with Crippen LogP contribution in [0.3, 0.4) is 0 Å². The van der Waals surface area contributed by atoms with E-state index in [1.165, 1.54) is 17.5 Å². The lowest BCUT2D eigenvalue weighted by molar-refractivity contribution is 0.257. The highest BCUT2D eigenvalue weighted by atomic mass is 14.6. The average molecular weight is 262 g/mol. The first-order valence-electron chi connectivity index (χ1n) is 7.68. The maximum Gasteiger partial charge on any atom is 0.0119 e. The van der Waals surface area contributed by atoms with E-state index in [0.717, 1.165) is 0 Å². The van der Waals surface area contributed by atoms with E-state index >= 15 is 0 Å². The molecule has 3 aliphatic rings. The summed E-state index contributed by atoms with van der Waals surface area (Å²) in [7, 11) is 0. The fourth-order valence-corrected chi connectivity index (χ4v) is 4.96. The molecule has 0 aliphatic heterocycles. The Morgan fingerprint density at radius 2 is 1.80 bits per heavy atom. The predicted octanol–water partition coefficient (Wildman–Crippen LogP) is 5.35. The molecule has 0 saturated heterocycles. The third kappa shape index (κ3) is 1.43. The van der Waals surface area contributed by atoms with E-state index in [2.05, 4.69) is 75.4 Å². The van der Waals surface area contributed by atoms with Crippen LogP contribution < -0.4 is 0 Å². The monoisotopic (exact) mass is 262 g/mol. The standard InChI is InChI=1S/C20H22/c1-19(2)13-20(3,18-10-6-9-17(18)19)16-12-11-14-7-4-5-8-15(14)16/h4-12,16-17H,13H2,1-3H3. The molecule has 4 rings (SSSR count). The van der Waals surface area contributed by atoms with E-state index < -0.39 is 0 Å². The molecule has 1 aromatic rings. The first kappa shape index (κ1) is 12.2. The van der Waals surface area contributed by atoms with Crippen molar-refractivity contribution in [3.05, 3.63) is 65.3 Å². The van der Waals surface area contributed by atoms with Crippen molar-refractivity contribution in [1.29, 1.82) is 0 Å². The van der Waals surface area contributed by atoms with Crippen LogP contribution >= 0.6 is 0 Å². The molecule has 0 heterocycles. The molecule has 3 aliphatic carbocycles. The summed E-state index contributed by atoms with van der Waals surface area (Å²) in [5.74, 6) is 1.17. The summed E-state index contributed by atoms with van der Waals surface area (Å²) >= 11 is 0. The van der Waals surface area contributed by atoms with Gasteiger partial charge in [-0.1, -0.05) is 81.0 Å². The highest BCUT2D eigenvalue weighted by Gasteiger charge is 2.54. The van der Waals surface area contributed by atoms with Gasteiger partial charge in [-0.3, -0.25) is 0 Å². The smallest absolute Gasteiger partial charge is 0.0119 e. The lowest BCUT2D eigenvalue weighted by Crippen LogP contribution is -2.23. The van der Waals surface area contributed by atoms with Crippen LogP contribution in [-0.4, -0.2) is 0 Å². The van der Waals surface area contributed by atoms with E-state index in [1.807, 2.05) is 0 Å². The molecule has 0 nitrogen and oxygen atoms in total. The number of benzene rings is 1. The summed E-state index contributed by atoms with van der Waals surface area (Å²) in [6.45, 7) is 7.33. The van der Waals surface area contributed by atoms with Crippen LogP contribution in [0, 0.1) is 16.7 Å². The van der Waals surface area contributed by atoms with E-state index in [9.17, 15) is 0 Å². The van der Waals surface area contributed by atoms with Gasteiger partial charge in [0.25, 0.3) is 0 Å². The van der Waals surface area contributed by atoms with E-state index in [-0.39, 0.29) is 5.41 Å². The minimum atomic E-state index is 0.265. The van der Waals surface area contributed by atoms with Crippen LogP contribution in [0.4, 0.5) is 0 Å². The van der Waals surface area contributed by atoms with Gasteiger partial charge in [-0.05, 0) is 23.0 Å². The van der Waals surface area contributed by atoms with E-state index in [0.29, 0.717) is 17.3 Å². The van der Waals surface area contributed by atoms with Gasteiger partial charge in [0.2, 0.25) is 0 Å².